The molecule has 19 heavy (non-hydrogen) atoms. The van der Waals surface area contributed by atoms with Crippen LogP contribution >= 0.6 is 0 Å². The fraction of sp³-hybridized carbons (Fsp3) is 0.500. The van der Waals surface area contributed by atoms with Gasteiger partial charge in [-0.1, -0.05) is 0 Å². The van der Waals surface area contributed by atoms with Crippen molar-refractivity contribution in [3.8, 4) is 5.75 Å². The summed E-state index contributed by atoms with van der Waals surface area (Å²) >= 11 is 0. The zero-order chi connectivity index (χ0) is 14.4. The topological polar surface area (TPSA) is 55.6 Å². The molecule has 0 aliphatic rings. The summed E-state index contributed by atoms with van der Waals surface area (Å²) in [5.74, 6) is -0.00317. The second kappa shape index (κ2) is 7.09. The van der Waals surface area contributed by atoms with E-state index in [1.54, 1.807) is 11.8 Å². The molecule has 0 aliphatic heterocycles. The minimum Gasteiger partial charge on any atom is -0.483 e. The normalized spacial score (nSPS) is 12.1. The van der Waals surface area contributed by atoms with Crippen molar-refractivity contribution in [2.75, 3.05) is 19.7 Å². The van der Waals surface area contributed by atoms with Gasteiger partial charge in [0.1, 0.15) is 11.6 Å². The van der Waals surface area contributed by atoms with Crippen molar-refractivity contribution < 1.29 is 13.9 Å². The first-order valence-corrected chi connectivity index (χ1v) is 6.45. The molecule has 0 saturated heterocycles. The highest BCUT2D eigenvalue weighted by Crippen LogP contribution is 2.24. The number of rotatable bonds is 6. The number of carbonyl (C=O) groups is 1. The van der Waals surface area contributed by atoms with Crippen LogP contribution in [0.15, 0.2) is 18.2 Å². The first-order valence-electron chi connectivity index (χ1n) is 6.45. The lowest BCUT2D eigenvalue weighted by Crippen LogP contribution is -2.34. The largest absolute Gasteiger partial charge is 0.483 e. The molecule has 0 bridgehead atoms. The lowest BCUT2D eigenvalue weighted by molar-refractivity contribution is -0.132. The van der Waals surface area contributed by atoms with Crippen molar-refractivity contribution in [1.29, 1.82) is 0 Å². The number of nitrogens with zero attached hydrogens (tertiary/aromatic N) is 1. The molecule has 1 unspecified atom stereocenters. The summed E-state index contributed by atoms with van der Waals surface area (Å²) in [4.78, 5) is 13.5. The Morgan fingerprint density at radius 3 is 2.58 bits per heavy atom. The number of halogens is 1. The van der Waals surface area contributed by atoms with E-state index in [9.17, 15) is 9.18 Å². The lowest BCUT2D eigenvalue weighted by atomic mass is 10.1. The van der Waals surface area contributed by atoms with Gasteiger partial charge in [-0.15, -0.1) is 0 Å². The fourth-order valence-corrected chi connectivity index (χ4v) is 1.81. The first-order chi connectivity index (χ1) is 8.99. The third-order valence-electron chi connectivity index (χ3n) is 2.93. The molecule has 0 spiro atoms. The van der Waals surface area contributed by atoms with Crippen LogP contribution in [-0.4, -0.2) is 30.5 Å². The summed E-state index contributed by atoms with van der Waals surface area (Å²) in [6, 6.07) is 3.78. The SMILES string of the molecule is CCN(CC)C(=O)COc1ccc(F)cc1C(C)N. The van der Waals surface area contributed by atoms with Crippen molar-refractivity contribution in [2.24, 2.45) is 5.73 Å². The molecule has 2 N–H and O–H groups in total. The van der Waals surface area contributed by atoms with Gasteiger partial charge < -0.3 is 15.4 Å². The van der Waals surface area contributed by atoms with Crippen LogP contribution in [0.1, 0.15) is 32.4 Å². The second-order valence-electron chi connectivity index (χ2n) is 4.33. The highest BCUT2D eigenvalue weighted by atomic mass is 19.1. The maximum atomic E-state index is 13.2. The molecule has 1 amide bonds. The quantitative estimate of drug-likeness (QED) is 0.859. The molecule has 0 aromatic heterocycles. The molecular formula is C14H21FN2O2. The maximum absolute atomic E-state index is 13.2. The monoisotopic (exact) mass is 268 g/mol. The smallest absolute Gasteiger partial charge is 0.260 e. The van der Waals surface area contributed by atoms with Crippen LogP contribution in [0, 0.1) is 5.82 Å². The number of likely N-dealkylation sites (N-methyl/N-ethyl adjacent to an activating group) is 1. The van der Waals surface area contributed by atoms with Crippen molar-refractivity contribution in [3.05, 3.63) is 29.6 Å². The summed E-state index contributed by atoms with van der Waals surface area (Å²) in [5, 5.41) is 0. The van der Waals surface area contributed by atoms with Crippen LogP contribution in [0.5, 0.6) is 5.75 Å². The predicted octanol–water partition coefficient (Wildman–Crippen LogP) is 2.09. The average Bonchev–Trinajstić information content (AvgIpc) is 2.38. The summed E-state index contributed by atoms with van der Waals surface area (Å²) < 4.78 is 18.6. The van der Waals surface area contributed by atoms with E-state index in [1.807, 2.05) is 13.8 Å². The molecule has 1 atom stereocenters. The number of benzene rings is 1. The van der Waals surface area contributed by atoms with Gasteiger partial charge in [0, 0.05) is 24.7 Å². The van der Waals surface area contributed by atoms with Gasteiger partial charge >= 0.3 is 0 Å². The fourth-order valence-electron chi connectivity index (χ4n) is 1.81. The molecule has 0 fully saturated rings. The van der Waals surface area contributed by atoms with Gasteiger partial charge in [-0.3, -0.25) is 4.79 Å². The average molecular weight is 268 g/mol. The zero-order valence-electron chi connectivity index (χ0n) is 11.6. The van der Waals surface area contributed by atoms with Gasteiger partial charge in [0.05, 0.1) is 0 Å². The van der Waals surface area contributed by atoms with Crippen molar-refractivity contribution in [3.63, 3.8) is 0 Å². The standard InChI is InChI=1S/C14H21FN2O2/c1-4-17(5-2)14(18)9-19-13-7-6-11(15)8-12(13)10(3)16/h6-8,10H,4-5,9,16H2,1-3H3. The number of amides is 1. The van der Waals surface area contributed by atoms with Gasteiger partial charge in [-0.05, 0) is 39.0 Å². The Kier molecular flexibility index (Phi) is 5.76. The predicted molar refractivity (Wildman–Crippen MR) is 72.4 cm³/mol. The van der Waals surface area contributed by atoms with Crippen LogP contribution in [0.2, 0.25) is 0 Å². The van der Waals surface area contributed by atoms with Crippen molar-refractivity contribution in [2.45, 2.75) is 26.8 Å². The van der Waals surface area contributed by atoms with E-state index >= 15 is 0 Å². The first kappa shape index (κ1) is 15.4. The summed E-state index contributed by atoms with van der Waals surface area (Å²) in [6.07, 6.45) is 0. The summed E-state index contributed by atoms with van der Waals surface area (Å²) in [7, 11) is 0. The molecule has 1 rings (SSSR count). The molecule has 106 valence electrons. The second-order valence-corrected chi connectivity index (χ2v) is 4.33. The van der Waals surface area contributed by atoms with E-state index < -0.39 is 0 Å². The maximum Gasteiger partial charge on any atom is 0.260 e. The van der Waals surface area contributed by atoms with Gasteiger partial charge in [0.2, 0.25) is 0 Å². The molecule has 0 heterocycles. The molecule has 0 radical (unpaired) electrons. The summed E-state index contributed by atoms with van der Waals surface area (Å²) in [6.45, 7) is 6.78. The molecule has 0 saturated carbocycles. The number of carbonyl (C=O) groups excluding carboxylic acids is 1. The Morgan fingerprint density at radius 2 is 2.05 bits per heavy atom. The van der Waals surface area contributed by atoms with E-state index in [0.717, 1.165) is 0 Å². The Hall–Kier alpha value is -1.62. The van der Waals surface area contributed by atoms with Crippen LogP contribution in [0.3, 0.4) is 0 Å². The number of hydrogen-bond donors (Lipinski definition) is 1. The van der Waals surface area contributed by atoms with Gasteiger partial charge in [0.15, 0.2) is 6.61 Å². The highest BCUT2D eigenvalue weighted by molar-refractivity contribution is 5.77. The van der Waals surface area contributed by atoms with Crippen molar-refractivity contribution >= 4 is 5.91 Å². The van der Waals surface area contributed by atoms with E-state index in [4.69, 9.17) is 10.5 Å². The number of nitrogens with two attached hydrogens (primary N) is 1. The van der Waals surface area contributed by atoms with E-state index in [-0.39, 0.29) is 24.4 Å². The zero-order valence-corrected chi connectivity index (χ0v) is 11.6. The van der Waals surface area contributed by atoms with Crippen LogP contribution < -0.4 is 10.5 Å². The number of ether oxygens (including phenoxy) is 1. The molecule has 1 aromatic rings. The number of hydrogen-bond acceptors (Lipinski definition) is 3. The highest BCUT2D eigenvalue weighted by Gasteiger charge is 2.13. The van der Waals surface area contributed by atoms with Gasteiger partial charge in [-0.2, -0.15) is 0 Å². The molecular weight excluding hydrogens is 247 g/mol. The minimum atomic E-state index is -0.366. The van der Waals surface area contributed by atoms with E-state index in [0.29, 0.717) is 24.4 Å². The van der Waals surface area contributed by atoms with E-state index in [1.165, 1.54) is 18.2 Å². The molecule has 0 aliphatic carbocycles. The third-order valence-corrected chi connectivity index (χ3v) is 2.93. The van der Waals surface area contributed by atoms with Crippen molar-refractivity contribution in [1.82, 2.24) is 4.90 Å². The molecule has 4 nitrogen and oxygen atoms in total. The summed E-state index contributed by atoms with van der Waals surface area (Å²) in [5.41, 5.74) is 6.32. The Morgan fingerprint density at radius 1 is 1.42 bits per heavy atom. The van der Waals surface area contributed by atoms with Crippen LogP contribution in [0.4, 0.5) is 4.39 Å². The molecule has 5 heteroatoms. The van der Waals surface area contributed by atoms with Gasteiger partial charge in [0.25, 0.3) is 5.91 Å². The molecule has 1 aromatic carbocycles. The Bertz CT molecular complexity index is 431. The lowest BCUT2D eigenvalue weighted by Gasteiger charge is -2.20. The third kappa shape index (κ3) is 4.21. The Balaban J connectivity index is 2.75. The Labute approximate surface area is 113 Å². The van der Waals surface area contributed by atoms with E-state index in [2.05, 4.69) is 0 Å². The minimum absolute atomic E-state index is 0.0625. The van der Waals surface area contributed by atoms with Gasteiger partial charge in [-0.25, -0.2) is 4.39 Å². The van der Waals surface area contributed by atoms with Crippen LogP contribution in [-0.2, 0) is 4.79 Å². The van der Waals surface area contributed by atoms with Crippen LogP contribution in [0.25, 0.3) is 0 Å².